The molecule has 0 fully saturated rings. The fourth-order valence-electron chi connectivity index (χ4n) is 7.49. The summed E-state index contributed by atoms with van der Waals surface area (Å²) in [6.45, 7) is 0. The molecule has 11 rings (SSSR count). The molecule has 0 saturated heterocycles. The molecule has 0 atom stereocenters. The van der Waals surface area contributed by atoms with Crippen LogP contribution in [0.25, 0.3) is 106 Å². The third kappa shape index (κ3) is 4.68. The van der Waals surface area contributed by atoms with Crippen molar-refractivity contribution in [2.45, 2.75) is 0 Å². The Balaban J connectivity index is 1.17. The van der Waals surface area contributed by atoms with Crippen LogP contribution >= 0.6 is 0 Å². The minimum atomic E-state index is 0.540. The molecular weight excluding hydrogens is 655 g/mol. The number of rotatable bonds is 5. The lowest BCUT2D eigenvalue weighted by atomic mass is 10.0. The van der Waals surface area contributed by atoms with Gasteiger partial charge in [-0.3, -0.25) is 4.57 Å². The summed E-state index contributed by atoms with van der Waals surface area (Å²) in [4.78, 5) is 20.5. The summed E-state index contributed by atoms with van der Waals surface area (Å²) in [7, 11) is 0. The van der Waals surface area contributed by atoms with E-state index in [1.54, 1.807) is 0 Å². The van der Waals surface area contributed by atoms with Crippen LogP contribution < -0.4 is 0 Å². The van der Waals surface area contributed by atoms with Gasteiger partial charge in [-0.15, -0.1) is 0 Å². The minimum Gasteiger partial charge on any atom is -0.456 e. The Labute approximate surface area is 302 Å². The molecule has 0 radical (unpaired) electrons. The maximum Gasteiger partial charge on any atom is 0.164 e. The highest BCUT2D eigenvalue weighted by atomic mass is 16.3. The van der Waals surface area contributed by atoms with Crippen molar-refractivity contribution in [2.24, 2.45) is 0 Å². The molecule has 0 spiro atoms. The van der Waals surface area contributed by atoms with Gasteiger partial charge in [-0.25, -0.2) is 19.9 Å². The highest BCUT2D eigenvalue weighted by molar-refractivity contribution is 6.17. The molecule has 0 saturated carbocycles. The average Bonchev–Trinajstić information content (AvgIpc) is 3.92. The highest BCUT2D eigenvalue weighted by Gasteiger charge is 2.23. The number of para-hydroxylation sites is 4. The molecule has 248 valence electrons. The molecule has 0 amide bonds. The second-order valence-corrected chi connectivity index (χ2v) is 13.0. The summed E-state index contributed by atoms with van der Waals surface area (Å²) < 4.78 is 15.1. The molecular formula is C46H27N5O2. The van der Waals surface area contributed by atoms with E-state index in [2.05, 4.69) is 71.3 Å². The second kappa shape index (κ2) is 11.6. The number of imidazole rings is 1. The zero-order chi connectivity index (χ0) is 34.9. The summed E-state index contributed by atoms with van der Waals surface area (Å²) in [5, 5.41) is 3.97. The minimum absolute atomic E-state index is 0.540. The van der Waals surface area contributed by atoms with Gasteiger partial charge in [0, 0.05) is 49.5 Å². The molecule has 0 aliphatic heterocycles. The van der Waals surface area contributed by atoms with E-state index in [4.69, 9.17) is 28.8 Å². The number of hydrogen-bond donors (Lipinski definition) is 0. The molecule has 0 aliphatic carbocycles. The van der Waals surface area contributed by atoms with Gasteiger partial charge in [0.25, 0.3) is 0 Å². The van der Waals surface area contributed by atoms with Crippen LogP contribution in [0.4, 0.5) is 0 Å². The third-order valence-electron chi connectivity index (χ3n) is 9.88. The first-order valence-corrected chi connectivity index (χ1v) is 17.5. The Hall–Kier alpha value is -7.38. The van der Waals surface area contributed by atoms with E-state index in [9.17, 15) is 0 Å². The van der Waals surface area contributed by atoms with Crippen LogP contribution in [0.5, 0.6) is 0 Å². The molecule has 7 nitrogen and oxygen atoms in total. The highest BCUT2D eigenvalue weighted by Crippen LogP contribution is 2.42. The van der Waals surface area contributed by atoms with E-state index in [0.29, 0.717) is 17.5 Å². The molecule has 53 heavy (non-hydrogen) atoms. The Kier molecular flexibility index (Phi) is 6.42. The van der Waals surface area contributed by atoms with E-state index in [0.717, 1.165) is 88.7 Å². The number of benzene rings is 7. The van der Waals surface area contributed by atoms with Crippen molar-refractivity contribution in [1.82, 2.24) is 24.5 Å². The molecule has 0 bridgehead atoms. The summed E-state index contributed by atoms with van der Waals surface area (Å²) in [5.41, 5.74) is 9.58. The van der Waals surface area contributed by atoms with Crippen molar-refractivity contribution in [3.8, 4) is 51.2 Å². The zero-order valence-electron chi connectivity index (χ0n) is 28.1. The summed E-state index contributed by atoms with van der Waals surface area (Å²) in [6.07, 6.45) is 0. The Morgan fingerprint density at radius 2 is 1.00 bits per heavy atom. The van der Waals surface area contributed by atoms with Crippen LogP contribution in [-0.2, 0) is 0 Å². The van der Waals surface area contributed by atoms with Crippen molar-refractivity contribution in [2.75, 3.05) is 0 Å². The number of nitrogens with zero attached hydrogens (tertiary/aromatic N) is 5. The van der Waals surface area contributed by atoms with Gasteiger partial charge < -0.3 is 8.83 Å². The summed E-state index contributed by atoms with van der Waals surface area (Å²) in [6, 6.07) is 55.0. The lowest BCUT2D eigenvalue weighted by Gasteiger charge is -2.11. The topological polar surface area (TPSA) is 82.8 Å². The van der Waals surface area contributed by atoms with E-state index >= 15 is 0 Å². The average molecular weight is 682 g/mol. The van der Waals surface area contributed by atoms with Crippen molar-refractivity contribution in [3.63, 3.8) is 0 Å². The van der Waals surface area contributed by atoms with Gasteiger partial charge in [0.2, 0.25) is 0 Å². The molecule has 4 aromatic heterocycles. The Bertz CT molecular complexity index is 3180. The van der Waals surface area contributed by atoms with Gasteiger partial charge in [-0.05, 0) is 54.6 Å². The van der Waals surface area contributed by atoms with Gasteiger partial charge in [-0.1, -0.05) is 109 Å². The lowest BCUT2D eigenvalue weighted by molar-refractivity contribution is 0.668. The first kappa shape index (κ1) is 29.4. The van der Waals surface area contributed by atoms with E-state index < -0.39 is 0 Å². The maximum atomic E-state index is 6.58. The zero-order valence-corrected chi connectivity index (χ0v) is 28.1. The van der Waals surface area contributed by atoms with Crippen LogP contribution in [0, 0.1) is 0 Å². The second-order valence-electron chi connectivity index (χ2n) is 13.0. The van der Waals surface area contributed by atoms with Crippen molar-refractivity contribution in [1.29, 1.82) is 0 Å². The first-order chi connectivity index (χ1) is 26.3. The maximum absolute atomic E-state index is 6.58. The van der Waals surface area contributed by atoms with E-state index in [1.165, 1.54) is 0 Å². The standard InChI is InChI=1S/C46H27N5O2/c1-3-13-28(14-4-1)43-48-44(29-25-26-32-31-17-7-10-22-37(31)52-40(32)27-29)50-45(49-43)33-18-11-23-38-41(33)42-34(19-12-24-39(42)53-38)46-47-35-20-8-9-21-36(35)51(46)30-15-5-2-6-16-30/h1-27H. The normalized spacial score (nSPS) is 11.8. The molecule has 7 aromatic carbocycles. The van der Waals surface area contributed by atoms with Crippen molar-refractivity contribution >= 4 is 54.9 Å². The van der Waals surface area contributed by atoms with Crippen LogP contribution in [0.15, 0.2) is 173 Å². The smallest absolute Gasteiger partial charge is 0.164 e. The van der Waals surface area contributed by atoms with Crippen molar-refractivity contribution in [3.05, 3.63) is 164 Å². The van der Waals surface area contributed by atoms with Gasteiger partial charge in [0.05, 0.1) is 11.0 Å². The van der Waals surface area contributed by atoms with Crippen LogP contribution in [0.1, 0.15) is 0 Å². The number of fused-ring (bicyclic) bond motifs is 7. The van der Waals surface area contributed by atoms with E-state index in [-0.39, 0.29) is 0 Å². The van der Waals surface area contributed by atoms with Crippen LogP contribution in [0.2, 0.25) is 0 Å². The molecule has 7 heteroatoms. The molecule has 0 aliphatic rings. The summed E-state index contributed by atoms with van der Waals surface area (Å²) >= 11 is 0. The lowest BCUT2D eigenvalue weighted by Crippen LogP contribution is -2.00. The van der Waals surface area contributed by atoms with Gasteiger partial charge in [0.1, 0.15) is 28.2 Å². The molecule has 11 aromatic rings. The quantitative estimate of drug-likeness (QED) is 0.180. The first-order valence-electron chi connectivity index (χ1n) is 17.5. The predicted molar refractivity (Wildman–Crippen MR) is 211 cm³/mol. The third-order valence-corrected chi connectivity index (χ3v) is 9.88. The van der Waals surface area contributed by atoms with Gasteiger partial charge in [0.15, 0.2) is 17.5 Å². The monoisotopic (exact) mass is 681 g/mol. The van der Waals surface area contributed by atoms with Gasteiger partial charge >= 0.3 is 0 Å². The molecule has 0 unspecified atom stereocenters. The Morgan fingerprint density at radius 3 is 1.83 bits per heavy atom. The Morgan fingerprint density at radius 1 is 0.396 bits per heavy atom. The summed E-state index contributed by atoms with van der Waals surface area (Å²) in [5.74, 6) is 2.48. The number of aromatic nitrogens is 5. The fourth-order valence-corrected chi connectivity index (χ4v) is 7.49. The number of hydrogen-bond acceptors (Lipinski definition) is 6. The van der Waals surface area contributed by atoms with Gasteiger partial charge in [-0.2, -0.15) is 0 Å². The van der Waals surface area contributed by atoms with Crippen LogP contribution in [0.3, 0.4) is 0 Å². The van der Waals surface area contributed by atoms with Crippen molar-refractivity contribution < 1.29 is 8.83 Å². The fraction of sp³-hybridized carbons (Fsp3) is 0. The molecule has 4 heterocycles. The molecule has 0 N–H and O–H groups in total. The largest absolute Gasteiger partial charge is 0.456 e. The predicted octanol–water partition coefficient (Wildman–Crippen LogP) is 11.7. The number of furan rings is 2. The SMILES string of the molecule is c1ccc(-c2nc(-c3ccc4c(c3)oc3ccccc34)nc(-c3cccc4oc5cccc(-c6nc7ccccc7n6-c6ccccc6)c5c34)n2)cc1. The van der Waals surface area contributed by atoms with E-state index in [1.807, 2.05) is 97.1 Å². The van der Waals surface area contributed by atoms with Crippen LogP contribution in [-0.4, -0.2) is 24.5 Å².